The molecule has 206 valence electrons. The zero-order chi connectivity index (χ0) is 29.2. The van der Waals surface area contributed by atoms with Crippen molar-refractivity contribution in [2.75, 3.05) is 11.5 Å². The average Bonchev–Trinajstić information content (AvgIpc) is 3.14. The highest BCUT2D eigenvalue weighted by Crippen LogP contribution is 2.37. The number of Topliss-reactive ketones (excluding diaryl/α,β-unsaturated/α-hetero) is 2. The number of carbonyl (C=O) groups excluding carboxylic acids is 2. The number of carbonyl (C=O) groups is 2. The fourth-order valence-corrected chi connectivity index (χ4v) is 3.47. The number of nitrogens with zero attached hydrogens (tertiary/aromatic N) is 3. The van der Waals surface area contributed by atoms with E-state index in [2.05, 4.69) is 10.1 Å². The summed E-state index contributed by atoms with van der Waals surface area (Å²) in [7, 11) is 1.73. The lowest BCUT2D eigenvalue weighted by atomic mass is 10.1. The van der Waals surface area contributed by atoms with Gasteiger partial charge in [0.15, 0.2) is 11.6 Å². The number of halogens is 9. The molecule has 0 radical (unpaired) electrons. The van der Waals surface area contributed by atoms with Crippen LogP contribution in [-0.4, -0.2) is 38.7 Å². The topological polar surface area (TPSA) is 126 Å². The summed E-state index contributed by atoms with van der Waals surface area (Å²) in [5, 5.41) is 4.30. The predicted molar refractivity (Wildman–Crippen MR) is 123 cm³/mol. The molecule has 3 rings (SSSR count). The Morgan fingerprint density at radius 3 is 2.05 bits per heavy atom. The van der Waals surface area contributed by atoms with Gasteiger partial charge in [0.05, 0.1) is 11.2 Å². The molecular formula is C21H16Cl2F7N5O3. The van der Waals surface area contributed by atoms with E-state index in [0.29, 0.717) is 33.3 Å². The van der Waals surface area contributed by atoms with Crippen LogP contribution in [0.25, 0.3) is 11.1 Å². The summed E-state index contributed by atoms with van der Waals surface area (Å²) in [4.78, 5) is 23.4. The van der Waals surface area contributed by atoms with Crippen LogP contribution in [0.1, 0.15) is 18.6 Å². The third-order valence-corrected chi connectivity index (χ3v) is 5.40. The van der Waals surface area contributed by atoms with Gasteiger partial charge in [-0.15, -0.1) is 0 Å². The van der Waals surface area contributed by atoms with Crippen LogP contribution in [-0.2, 0) is 16.6 Å². The van der Waals surface area contributed by atoms with E-state index in [1.54, 1.807) is 37.1 Å². The molecule has 2 heterocycles. The number of ether oxygens (including phenoxy) is 1. The van der Waals surface area contributed by atoms with Crippen molar-refractivity contribution in [1.82, 2.24) is 14.8 Å². The number of aryl methyl sites for hydroxylation is 1. The van der Waals surface area contributed by atoms with Crippen LogP contribution in [0.2, 0.25) is 10.0 Å². The third kappa shape index (κ3) is 7.04. The van der Waals surface area contributed by atoms with Crippen molar-refractivity contribution in [3.63, 3.8) is 0 Å². The molecule has 0 bridgehead atoms. The van der Waals surface area contributed by atoms with Crippen LogP contribution in [0.5, 0.6) is 5.75 Å². The molecule has 2 aromatic heterocycles. The minimum Gasteiger partial charge on any atom is -0.482 e. The lowest BCUT2D eigenvalue weighted by molar-refractivity contribution is -0.193. The van der Waals surface area contributed by atoms with Crippen molar-refractivity contribution in [1.29, 1.82) is 0 Å². The fourth-order valence-electron chi connectivity index (χ4n) is 2.79. The molecule has 0 aliphatic heterocycles. The molecule has 0 fully saturated rings. The number of benzene rings is 1. The van der Waals surface area contributed by atoms with Gasteiger partial charge in [-0.25, -0.2) is 9.37 Å². The summed E-state index contributed by atoms with van der Waals surface area (Å²) in [6.45, 7) is 1.69. The van der Waals surface area contributed by atoms with Crippen LogP contribution in [0.4, 0.5) is 42.4 Å². The largest absolute Gasteiger partial charge is 0.482 e. The van der Waals surface area contributed by atoms with Crippen molar-refractivity contribution < 1.29 is 45.1 Å². The van der Waals surface area contributed by atoms with Gasteiger partial charge in [0.25, 0.3) is 0 Å². The molecule has 1 aromatic carbocycles. The maximum atomic E-state index is 13.8. The van der Waals surface area contributed by atoms with E-state index in [9.17, 15) is 40.3 Å². The number of aromatic nitrogens is 3. The molecular weight excluding hydrogens is 574 g/mol. The molecule has 1 unspecified atom stereocenters. The highest BCUT2D eigenvalue weighted by Gasteiger charge is 2.54. The maximum Gasteiger partial charge on any atom is 0.458 e. The van der Waals surface area contributed by atoms with E-state index in [1.165, 1.54) is 12.1 Å². The molecule has 1 atom stereocenters. The Bertz CT molecular complexity index is 1340. The Kier molecular flexibility index (Phi) is 9.21. The minimum atomic E-state index is -5.77. The van der Waals surface area contributed by atoms with E-state index >= 15 is 0 Å². The summed E-state index contributed by atoms with van der Waals surface area (Å²) in [6.07, 6.45) is -9.01. The molecule has 38 heavy (non-hydrogen) atoms. The normalized spacial score (nSPS) is 12.4. The van der Waals surface area contributed by atoms with Crippen LogP contribution in [0.3, 0.4) is 0 Å². The maximum absolute atomic E-state index is 13.8. The summed E-state index contributed by atoms with van der Waals surface area (Å²) in [6, 6.07) is 4.31. The van der Waals surface area contributed by atoms with Gasteiger partial charge in [-0.2, -0.15) is 31.4 Å². The Morgan fingerprint density at radius 1 is 1.03 bits per heavy atom. The summed E-state index contributed by atoms with van der Waals surface area (Å²) in [5.41, 5.74) is 13.6. The Hall–Kier alpha value is -3.59. The molecule has 0 saturated heterocycles. The highest BCUT2D eigenvalue weighted by atomic mass is 35.5. The van der Waals surface area contributed by atoms with Crippen LogP contribution < -0.4 is 16.2 Å². The SMILES string of the molecule is CC(Oc1cc(-c2cnn(C)c2N)cnc1N)c1c(Cl)ccc(F)c1Cl.O=C(C(=O)C(F)(F)F)C(F)(F)F. The van der Waals surface area contributed by atoms with Gasteiger partial charge in [-0.3, -0.25) is 14.3 Å². The second-order valence-electron chi connectivity index (χ2n) is 7.35. The van der Waals surface area contributed by atoms with Crippen LogP contribution in [0.15, 0.2) is 30.6 Å². The van der Waals surface area contributed by atoms with E-state index < -0.39 is 35.8 Å². The Balaban J connectivity index is 0.000000358. The van der Waals surface area contributed by atoms with E-state index in [-0.39, 0.29) is 10.8 Å². The van der Waals surface area contributed by atoms with Crippen molar-refractivity contribution in [3.05, 3.63) is 52.0 Å². The number of rotatable bonds is 5. The molecule has 17 heteroatoms. The summed E-state index contributed by atoms with van der Waals surface area (Å²) in [5.74, 6) is -6.44. The van der Waals surface area contributed by atoms with Gasteiger partial charge < -0.3 is 16.2 Å². The van der Waals surface area contributed by atoms with Gasteiger partial charge in [0.2, 0.25) is 0 Å². The molecule has 0 amide bonds. The van der Waals surface area contributed by atoms with Crippen LogP contribution >= 0.6 is 23.2 Å². The first-order valence-corrected chi connectivity index (χ1v) is 10.7. The van der Waals surface area contributed by atoms with Gasteiger partial charge in [-0.1, -0.05) is 23.2 Å². The second kappa shape index (κ2) is 11.4. The standard InChI is InChI=1S/C17H16Cl2FN5O.C4F6O2/c1-8(14-11(18)3-4-12(20)15(14)19)26-13-5-9(6-23-16(13)21)10-7-24-25(2)17(10)22;5-3(6,7)1(11)2(12)4(8,9)10/h3-8H,22H2,1-2H3,(H2,21,23);. The molecule has 4 N–H and O–H groups in total. The van der Waals surface area contributed by atoms with Crippen LogP contribution in [0, 0.1) is 5.82 Å². The van der Waals surface area contributed by atoms with Crippen molar-refractivity contribution >= 4 is 46.4 Å². The first kappa shape index (κ1) is 30.6. The first-order chi connectivity index (χ1) is 17.4. The highest BCUT2D eigenvalue weighted by molar-refractivity contribution is 6.41. The number of alkyl halides is 6. The number of pyridine rings is 1. The number of ketones is 2. The molecule has 0 saturated carbocycles. The van der Waals surface area contributed by atoms with Crippen molar-refractivity contribution in [2.24, 2.45) is 7.05 Å². The fraction of sp³-hybridized carbons (Fsp3) is 0.238. The van der Waals surface area contributed by atoms with E-state index in [0.717, 1.165) is 0 Å². The summed E-state index contributed by atoms with van der Waals surface area (Å²) < 4.78 is 88.1. The van der Waals surface area contributed by atoms with Gasteiger partial charge in [0, 0.05) is 35.0 Å². The lowest BCUT2D eigenvalue weighted by Gasteiger charge is -2.19. The van der Waals surface area contributed by atoms with Crippen molar-refractivity contribution in [2.45, 2.75) is 25.4 Å². The van der Waals surface area contributed by atoms with Gasteiger partial charge in [0.1, 0.15) is 17.7 Å². The number of hydrogen-bond acceptors (Lipinski definition) is 7. The number of hydrogen-bond donors (Lipinski definition) is 2. The molecule has 0 aliphatic rings. The zero-order valence-electron chi connectivity index (χ0n) is 19.1. The number of anilines is 2. The van der Waals surface area contributed by atoms with Gasteiger partial charge >= 0.3 is 23.9 Å². The minimum absolute atomic E-state index is 0.0933. The monoisotopic (exact) mass is 589 g/mol. The van der Waals surface area contributed by atoms with E-state index in [1.807, 2.05) is 0 Å². The molecule has 8 nitrogen and oxygen atoms in total. The number of nitrogens with two attached hydrogens (primary N) is 2. The molecule has 0 spiro atoms. The third-order valence-electron chi connectivity index (χ3n) is 4.69. The Morgan fingerprint density at radius 2 is 1.58 bits per heavy atom. The first-order valence-electron chi connectivity index (χ1n) is 9.92. The average molecular weight is 590 g/mol. The Labute approximate surface area is 219 Å². The smallest absolute Gasteiger partial charge is 0.458 e. The molecule has 0 aliphatic carbocycles. The quantitative estimate of drug-likeness (QED) is 0.229. The summed E-state index contributed by atoms with van der Waals surface area (Å²) >= 11 is 12.2. The number of nitrogen functional groups attached to an aromatic ring is 2. The second-order valence-corrected chi connectivity index (χ2v) is 8.13. The van der Waals surface area contributed by atoms with E-state index in [4.69, 9.17) is 39.4 Å². The molecule has 3 aromatic rings. The van der Waals surface area contributed by atoms with Crippen molar-refractivity contribution in [3.8, 4) is 16.9 Å². The zero-order valence-corrected chi connectivity index (χ0v) is 20.6. The predicted octanol–water partition coefficient (Wildman–Crippen LogP) is 5.48. The van der Waals surface area contributed by atoms with Gasteiger partial charge in [-0.05, 0) is 25.1 Å². The lowest BCUT2D eigenvalue weighted by Crippen LogP contribution is -2.39.